The van der Waals surface area contributed by atoms with E-state index >= 15 is 0 Å². The number of thioether (sulfide) groups is 1. The largest absolute Gasteiger partial charge is 0.481 e. The number of rotatable bonds is 6. The molecule has 1 aliphatic carbocycles. The fraction of sp³-hybridized carbons (Fsp3) is 0.846. The predicted octanol–water partition coefficient (Wildman–Crippen LogP) is 1.93. The topological polar surface area (TPSA) is 78.4 Å². The molecule has 2 amide bonds. The molecule has 1 rings (SSSR count). The zero-order chi connectivity index (χ0) is 14.3. The number of carbonyl (C=O) groups excluding carboxylic acids is 1. The first kappa shape index (κ1) is 16.1. The first-order valence-electron chi connectivity index (χ1n) is 6.79. The molecule has 19 heavy (non-hydrogen) atoms. The van der Waals surface area contributed by atoms with Gasteiger partial charge in [-0.1, -0.05) is 0 Å². The smallest absolute Gasteiger partial charge is 0.315 e. The van der Waals surface area contributed by atoms with Gasteiger partial charge in [0.15, 0.2) is 0 Å². The van der Waals surface area contributed by atoms with Crippen molar-refractivity contribution in [1.82, 2.24) is 10.6 Å². The van der Waals surface area contributed by atoms with Crippen molar-refractivity contribution < 1.29 is 14.7 Å². The van der Waals surface area contributed by atoms with E-state index in [1.807, 2.05) is 13.2 Å². The summed E-state index contributed by atoms with van der Waals surface area (Å²) >= 11 is 1.70. The molecule has 0 aromatic carbocycles. The molecule has 5 nitrogen and oxygen atoms in total. The number of urea groups is 1. The first-order valence-corrected chi connectivity index (χ1v) is 8.18. The molecule has 1 saturated carbocycles. The Hall–Kier alpha value is -0.910. The summed E-state index contributed by atoms with van der Waals surface area (Å²) in [4.78, 5) is 22.4. The Morgan fingerprint density at radius 1 is 1.32 bits per heavy atom. The monoisotopic (exact) mass is 288 g/mol. The van der Waals surface area contributed by atoms with Crippen molar-refractivity contribution in [2.24, 2.45) is 11.8 Å². The van der Waals surface area contributed by atoms with Crippen molar-refractivity contribution in [2.45, 2.75) is 38.6 Å². The number of nitrogens with one attached hydrogen (secondary N) is 2. The quantitative estimate of drug-likeness (QED) is 0.698. The van der Waals surface area contributed by atoms with Crippen LogP contribution in [-0.2, 0) is 4.79 Å². The Morgan fingerprint density at radius 3 is 2.47 bits per heavy atom. The lowest BCUT2D eigenvalue weighted by atomic mass is 9.82. The van der Waals surface area contributed by atoms with E-state index in [4.69, 9.17) is 5.11 Å². The molecular formula is C13H24N2O3S. The van der Waals surface area contributed by atoms with Crippen molar-refractivity contribution in [3.8, 4) is 0 Å². The maximum absolute atomic E-state index is 11.6. The summed E-state index contributed by atoms with van der Waals surface area (Å²) in [7, 11) is 0. The van der Waals surface area contributed by atoms with Crippen molar-refractivity contribution in [2.75, 3.05) is 18.6 Å². The van der Waals surface area contributed by atoms with Crippen molar-refractivity contribution in [3.05, 3.63) is 0 Å². The molecule has 0 saturated heterocycles. The molecule has 1 aliphatic rings. The van der Waals surface area contributed by atoms with Crippen LogP contribution in [0.2, 0.25) is 0 Å². The highest BCUT2D eigenvalue weighted by atomic mass is 32.2. The molecule has 0 bridgehead atoms. The Balaban J connectivity index is 2.16. The average Bonchev–Trinajstić information content (AvgIpc) is 2.37. The van der Waals surface area contributed by atoms with Crippen LogP contribution in [0.1, 0.15) is 32.6 Å². The maximum atomic E-state index is 11.6. The van der Waals surface area contributed by atoms with E-state index < -0.39 is 5.97 Å². The van der Waals surface area contributed by atoms with Crippen LogP contribution in [0.15, 0.2) is 0 Å². The van der Waals surface area contributed by atoms with Crippen LogP contribution in [0.4, 0.5) is 4.79 Å². The molecule has 0 aromatic rings. The highest BCUT2D eigenvalue weighted by molar-refractivity contribution is 7.98. The third-order valence-electron chi connectivity index (χ3n) is 3.54. The molecule has 0 aliphatic heterocycles. The molecule has 6 heteroatoms. The number of carboxylic acid groups (broad SMARTS) is 1. The van der Waals surface area contributed by atoms with Gasteiger partial charge in [-0.25, -0.2) is 4.79 Å². The van der Waals surface area contributed by atoms with Gasteiger partial charge in [0.2, 0.25) is 0 Å². The average molecular weight is 288 g/mol. The predicted molar refractivity (Wildman–Crippen MR) is 77.5 cm³/mol. The molecule has 0 radical (unpaired) electrons. The highest BCUT2D eigenvalue weighted by Gasteiger charge is 2.25. The number of hydrogen-bond acceptors (Lipinski definition) is 3. The minimum absolute atomic E-state index is 0.123. The van der Waals surface area contributed by atoms with E-state index in [2.05, 4.69) is 10.6 Å². The Morgan fingerprint density at radius 2 is 1.95 bits per heavy atom. The van der Waals surface area contributed by atoms with Gasteiger partial charge in [0, 0.05) is 18.3 Å². The van der Waals surface area contributed by atoms with Crippen LogP contribution < -0.4 is 10.6 Å². The molecule has 1 fully saturated rings. The van der Waals surface area contributed by atoms with E-state index in [1.165, 1.54) is 0 Å². The number of aliphatic carboxylic acids is 1. The van der Waals surface area contributed by atoms with Gasteiger partial charge in [0.25, 0.3) is 0 Å². The molecule has 1 atom stereocenters. The number of amides is 2. The summed E-state index contributed by atoms with van der Waals surface area (Å²) in [5.74, 6) is 0.441. The van der Waals surface area contributed by atoms with Crippen LogP contribution >= 0.6 is 11.8 Å². The fourth-order valence-corrected chi connectivity index (χ4v) is 3.00. The minimum atomic E-state index is -0.685. The first-order chi connectivity index (χ1) is 9.02. The van der Waals surface area contributed by atoms with E-state index in [0.717, 1.165) is 31.4 Å². The molecule has 110 valence electrons. The lowest BCUT2D eigenvalue weighted by Crippen LogP contribution is -2.43. The molecule has 3 N–H and O–H groups in total. The van der Waals surface area contributed by atoms with E-state index in [9.17, 15) is 9.59 Å². The maximum Gasteiger partial charge on any atom is 0.315 e. The molecule has 0 heterocycles. The molecule has 0 spiro atoms. The summed E-state index contributed by atoms with van der Waals surface area (Å²) in [6.45, 7) is 2.62. The third-order valence-corrected chi connectivity index (χ3v) is 4.37. The summed E-state index contributed by atoms with van der Waals surface area (Å²) in [6.07, 6.45) is 5.24. The number of hydrogen-bond donors (Lipinski definition) is 3. The second-order valence-electron chi connectivity index (χ2n) is 5.27. The van der Waals surface area contributed by atoms with Gasteiger partial charge < -0.3 is 15.7 Å². The van der Waals surface area contributed by atoms with Crippen molar-refractivity contribution >= 4 is 23.8 Å². The van der Waals surface area contributed by atoms with Crippen LogP contribution in [0.5, 0.6) is 0 Å². The molecule has 0 aromatic heterocycles. The summed E-state index contributed by atoms with van der Waals surface area (Å²) in [6, 6.07) is 0.0413. The van der Waals surface area contributed by atoms with Gasteiger partial charge in [0.1, 0.15) is 0 Å². The normalized spacial score (nSPS) is 24.5. The van der Waals surface area contributed by atoms with Gasteiger partial charge in [-0.05, 0) is 44.8 Å². The van der Waals surface area contributed by atoms with Crippen molar-refractivity contribution in [1.29, 1.82) is 0 Å². The highest BCUT2D eigenvalue weighted by Crippen LogP contribution is 2.28. The van der Waals surface area contributed by atoms with E-state index in [-0.39, 0.29) is 18.0 Å². The zero-order valence-corrected chi connectivity index (χ0v) is 12.5. The summed E-state index contributed by atoms with van der Waals surface area (Å²) < 4.78 is 0. The third kappa shape index (κ3) is 6.18. The second-order valence-corrected chi connectivity index (χ2v) is 6.18. The lowest BCUT2D eigenvalue weighted by Gasteiger charge is -2.26. The molecule has 1 unspecified atom stereocenters. The van der Waals surface area contributed by atoms with Gasteiger partial charge in [0.05, 0.1) is 5.92 Å². The molecular weight excluding hydrogens is 264 g/mol. The zero-order valence-electron chi connectivity index (χ0n) is 11.6. The lowest BCUT2D eigenvalue weighted by molar-refractivity contribution is -0.143. The number of carbonyl (C=O) groups is 2. The van der Waals surface area contributed by atoms with Crippen molar-refractivity contribution in [3.63, 3.8) is 0 Å². The standard InChI is InChI=1S/C13H24N2O3S/c1-9(8-19-2)15-13(18)14-7-10-3-5-11(6-4-10)12(16)17/h9-11H,3-8H2,1-2H3,(H,16,17)(H2,14,15,18). The number of carboxylic acids is 1. The summed E-state index contributed by atoms with van der Waals surface area (Å²) in [5.41, 5.74) is 0. The minimum Gasteiger partial charge on any atom is -0.481 e. The van der Waals surface area contributed by atoms with Crippen LogP contribution in [0.25, 0.3) is 0 Å². The van der Waals surface area contributed by atoms with E-state index in [0.29, 0.717) is 12.5 Å². The Bertz CT molecular complexity index is 304. The fourth-order valence-electron chi connectivity index (χ4n) is 2.42. The van der Waals surface area contributed by atoms with Crippen LogP contribution in [-0.4, -0.2) is 41.7 Å². The SMILES string of the molecule is CSCC(C)NC(=O)NCC1CCC(C(=O)O)CC1. The van der Waals surface area contributed by atoms with E-state index in [1.54, 1.807) is 11.8 Å². The Kier molecular flexibility index (Phi) is 7.05. The van der Waals surface area contributed by atoms with Gasteiger partial charge in [-0.3, -0.25) is 4.79 Å². The van der Waals surface area contributed by atoms with Gasteiger partial charge in [-0.15, -0.1) is 0 Å². The van der Waals surface area contributed by atoms with Gasteiger partial charge in [-0.2, -0.15) is 11.8 Å². The van der Waals surface area contributed by atoms with Gasteiger partial charge >= 0.3 is 12.0 Å². The van der Waals surface area contributed by atoms with Crippen LogP contribution in [0.3, 0.4) is 0 Å². The second kappa shape index (κ2) is 8.30. The summed E-state index contributed by atoms with van der Waals surface area (Å²) in [5, 5.41) is 14.7. The van der Waals surface area contributed by atoms with Crippen LogP contribution in [0, 0.1) is 11.8 Å². The Labute approximate surface area is 118 Å².